The van der Waals surface area contributed by atoms with Crippen molar-refractivity contribution in [3.8, 4) is 0 Å². The third-order valence-electron chi connectivity index (χ3n) is 12.4. The molecule has 4 rings (SSSR count). The molecule has 8 amide bonds. The standard InChI is InChI=1S/C49H73N13O11/c1-28(2)24-36-45(69)61-38(27-63)46(70)58-34(17-6-5-16-32(51)41(65)56-35(44(68)59-36)19-10-22-54-49(52)53)43(67)57-33(18-7-8-21-50)42(66)55-26-40(64)62-23-11-20-39(62)47(71)60-37(48(72)73)25-30-14-9-13-29-12-3-4-15-31(29)30/h3-6,9,12-15,28,32-39,63H,7-8,10-11,16-27,50-51H2,1-2H3,(H,55,66)(H,56,65)(H,57,67)(H,58,70)(H,59,68)(H,60,71)(H,61,69)(H,72,73)(H4,52,53,54). The number of aliphatic imine (C=N–C) groups is 1. The Morgan fingerprint density at radius 2 is 1.47 bits per heavy atom. The lowest BCUT2D eigenvalue weighted by molar-refractivity contribution is -0.144. The second kappa shape index (κ2) is 29.4. The van der Waals surface area contributed by atoms with Gasteiger partial charge in [-0.1, -0.05) is 68.5 Å². The van der Waals surface area contributed by atoms with Gasteiger partial charge in [-0.3, -0.25) is 43.3 Å². The van der Waals surface area contributed by atoms with Gasteiger partial charge < -0.3 is 75.3 Å². The number of rotatable bonds is 21. The van der Waals surface area contributed by atoms with E-state index in [1.807, 2.05) is 30.3 Å². The van der Waals surface area contributed by atoms with Crippen LogP contribution < -0.4 is 60.2 Å². The van der Waals surface area contributed by atoms with Gasteiger partial charge in [0.15, 0.2) is 5.96 Å². The van der Waals surface area contributed by atoms with Crippen LogP contribution in [0.1, 0.15) is 83.6 Å². The molecule has 73 heavy (non-hydrogen) atoms. The zero-order valence-electron chi connectivity index (χ0n) is 41.5. The highest BCUT2D eigenvalue weighted by Crippen LogP contribution is 2.22. The summed E-state index contributed by atoms with van der Waals surface area (Å²) in [5.41, 5.74) is 23.5. The molecule has 24 heteroatoms. The van der Waals surface area contributed by atoms with Gasteiger partial charge in [0.2, 0.25) is 47.3 Å². The number of carboxylic acid groups (broad SMARTS) is 1. The van der Waals surface area contributed by atoms with E-state index in [1.165, 1.54) is 17.1 Å². The molecule has 8 unspecified atom stereocenters. The van der Waals surface area contributed by atoms with E-state index in [1.54, 1.807) is 26.0 Å². The zero-order valence-corrected chi connectivity index (χ0v) is 41.5. The van der Waals surface area contributed by atoms with Crippen molar-refractivity contribution in [1.29, 1.82) is 0 Å². The Bertz CT molecular complexity index is 2320. The van der Waals surface area contributed by atoms with E-state index < -0.39 is 115 Å². The first-order chi connectivity index (χ1) is 34.8. The average molecular weight is 1020 g/mol. The number of guanidine groups is 1. The number of unbranched alkanes of at least 4 members (excludes halogenated alkanes) is 1. The van der Waals surface area contributed by atoms with Gasteiger partial charge in [-0.2, -0.15) is 0 Å². The molecular formula is C49H73N13O11. The first-order valence-electron chi connectivity index (χ1n) is 24.7. The van der Waals surface area contributed by atoms with Crippen molar-refractivity contribution in [3.63, 3.8) is 0 Å². The molecule has 0 saturated carbocycles. The quantitative estimate of drug-likeness (QED) is 0.0264. The van der Waals surface area contributed by atoms with Crippen molar-refractivity contribution in [3.05, 3.63) is 60.2 Å². The number of nitrogens with zero attached hydrogens (tertiary/aromatic N) is 2. The predicted molar refractivity (Wildman–Crippen MR) is 270 cm³/mol. The summed E-state index contributed by atoms with van der Waals surface area (Å²) in [4.78, 5) is 127. The van der Waals surface area contributed by atoms with Crippen LogP contribution in [0.5, 0.6) is 0 Å². The van der Waals surface area contributed by atoms with Crippen LogP contribution in [0, 0.1) is 5.92 Å². The lowest BCUT2D eigenvalue weighted by Gasteiger charge is -2.27. The summed E-state index contributed by atoms with van der Waals surface area (Å²) in [5.74, 6) is -7.70. The molecule has 0 radical (unpaired) electrons. The summed E-state index contributed by atoms with van der Waals surface area (Å²) in [6, 6.07) is 2.78. The number of carbonyl (C=O) groups is 9. The molecule has 0 spiro atoms. The number of nitrogens with two attached hydrogens (primary N) is 4. The molecule has 2 aromatic carbocycles. The van der Waals surface area contributed by atoms with Gasteiger partial charge in [0.05, 0.1) is 19.2 Å². The SMILES string of the molecule is CC(C)CC1NC(=O)C(CCCN=C(N)N)NC(=O)C(N)CC=CCC(C(=O)NC(CCCCN)C(=O)NCC(=O)N2CCCC2C(=O)NC(Cc2cccc3ccccc23)C(=O)O)NC(=O)C(CO)NC1=O. The fourth-order valence-corrected chi connectivity index (χ4v) is 8.50. The van der Waals surface area contributed by atoms with Crippen LogP contribution in [-0.4, -0.2) is 155 Å². The summed E-state index contributed by atoms with van der Waals surface area (Å²) >= 11 is 0. The molecule has 1 saturated heterocycles. The van der Waals surface area contributed by atoms with Crippen molar-refractivity contribution in [2.24, 2.45) is 33.8 Å². The van der Waals surface area contributed by atoms with E-state index in [-0.39, 0.29) is 82.9 Å². The van der Waals surface area contributed by atoms with Gasteiger partial charge in [-0.25, -0.2) is 4.79 Å². The lowest BCUT2D eigenvalue weighted by atomic mass is 9.98. The van der Waals surface area contributed by atoms with E-state index in [0.29, 0.717) is 19.3 Å². The lowest BCUT2D eigenvalue weighted by Crippen LogP contribution is -2.60. The van der Waals surface area contributed by atoms with Crippen LogP contribution in [0.4, 0.5) is 0 Å². The number of amides is 8. The van der Waals surface area contributed by atoms with Crippen molar-refractivity contribution < 1.29 is 53.4 Å². The van der Waals surface area contributed by atoms with Gasteiger partial charge >= 0.3 is 5.97 Å². The number of benzene rings is 2. The molecule has 1 fully saturated rings. The number of likely N-dealkylation sites (tertiary alicyclic amines) is 1. The summed E-state index contributed by atoms with van der Waals surface area (Å²) in [7, 11) is 0. The van der Waals surface area contributed by atoms with Gasteiger partial charge in [0.1, 0.15) is 42.3 Å². The number of hydrogen-bond donors (Lipinski definition) is 13. The largest absolute Gasteiger partial charge is 0.480 e. The number of carboxylic acids is 1. The minimum Gasteiger partial charge on any atom is -0.480 e. The van der Waals surface area contributed by atoms with Gasteiger partial charge in [0, 0.05) is 19.5 Å². The second-order valence-electron chi connectivity index (χ2n) is 18.6. The van der Waals surface area contributed by atoms with Crippen LogP contribution in [0.3, 0.4) is 0 Å². The van der Waals surface area contributed by atoms with E-state index in [9.17, 15) is 53.4 Å². The highest BCUT2D eigenvalue weighted by atomic mass is 16.4. The fraction of sp³-hybridized carbons (Fsp3) is 0.551. The molecule has 400 valence electrons. The Labute approximate surface area is 424 Å². The number of nitrogens with one attached hydrogen (secondary N) is 7. The van der Waals surface area contributed by atoms with Crippen molar-refractivity contribution >= 4 is 70.0 Å². The minimum atomic E-state index is -1.61. The Balaban J connectivity index is 1.49. The molecule has 8 atom stereocenters. The van der Waals surface area contributed by atoms with Crippen LogP contribution >= 0.6 is 0 Å². The second-order valence-corrected chi connectivity index (χ2v) is 18.6. The van der Waals surface area contributed by atoms with Crippen LogP contribution in [0.15, 0.2) is 59.6 Å². The van der Waals surface area contributed by atoms with Crippen LogP contribution in [0.2, 0.25) is 0 Å². The summed E-state index contributed by atoms with van der Waals surface area (Å²) in [6.45, 7) is 2.68. The van der Waals surface area contributed by atoms with E-state index in [0.717, 1.165) is 16.3 Å². The van der Waals surface area contributed by atoms with Crippen LogP contribution in [-0.2, 0) is 49.6 Å². The number of fused-ring (bicyclic) bond motifs is 1. The predicted octanol–water partition coefficient (Wildman–Crippen LogP) is -2.62. The molecule has 24 nitrogen and oxygen atoms in total. The Kier molecular flexibility index (Phi) is 23.5. The third kappa shape index (κ3) is 18.4. The van der Waals surface area contributed by atoms with Gasteiger partial charge in [0.25, 0.3) is 0 Å². The third-order valence-corrected chi connectivity index (χ3v) is 12.4. The van der Waals surface area contributed by atoms with Crippen molar-refractivity contribution in [2.45, 2.75) is 133 Å². The molecular weight excluding hydrogens is 947 g/mol. The first kappa shape index (κ1) is 58.4. The monoisotopic (exact) mass is 1020 g/mol. The van der Waals surface area contributed by atoms with Crippen LogP contribution in [0.25, 0.3) is 10.8 Å². The highest BCUT2D eigenvalue weighted by molar-refractivity contribution is 5.98. The summed E-state index contributed by atoms with van der Waals surface area (Å²) in [5, 5.41) is 40.2. The Hall–Kier alpha value is -7.18. The smallest absolute Gasteiger partial charge is 0.326 e. The molecule has 2 aliphatic rings. The molecule has 2 heterocycles. The zero-order chi connectivity index (χ0) is 53.6. The molecule has 0 aliphatic carbocycles. The van der Waals surface area contributed by atoms with E-state index in [4.69, 9.17) is 22.9 Å². The normalized spacial score (nSPS) is 21.9. The Morgan fingerprint density at radius 3 is 2.16 bits per heavy atom. The number of aliphatic carboxylic acids is 1. The van der Waals surface area contributed by atoms with Crippen molar-refractivity contribution in [2.75, 3.05) is 32.8 Å². The van der Waals surface area contributed by atoms with Gasteiger partial charge in [-0.15, -0.1) is 0 Å². The maximum absolute atomic E-state index is 14.1. The maximum Gasteiger partial charge on any atom is 0.326 e. The Morgan fingerprint density at radius 1 is 0.808 bits per heavy atom. The highest BCUT2D eigenvalue weighted by Gasteiger charge is 2.37. The average Bonchev–Trinajstić information content (AvgIpc) is 3.86. The number of hydrogen-bond acceptors (Lipinski definition) is 13. The summed E-state index contributed by atoms with van der Waals surface area (Å²) < 4.78 is 0. The fourth-order valence-electron chi connectivity index (χ4n) is 8.50. The van der Waals surface area contributed by atoms with E-state index >= 15 is 0 Å². The van der Waals surface area contributed by atoms with Crippen molar-refractivity contribution in [1.82, 2.24) is 42.1 Å². The molecule has 17 N–H and O–H groups in total. The molecule has 2 aliphatic heterocycles. The summed E-state index contributed by atoms with van der Waals surface area (Å²) in [6.07, 6.45) is 4.65. The first-order valence-corrected chi connectivity index (χ1v) is 24.7. The minimum absolute atomic E-state index is 0.00604. The number of carbonyl (C=O) groups excluding carboxylic acids is 8. The van der Waals surface area contributed by atoms with Gasteiger partial charge in [-0.05, 0) is 93.0 Å². The topological polar surface area (TPSA) is 398 Å². The molecule has 0 aromatic heterocycles. The molecule has 0 bridgehead atoms. The number of aliphatic hydroxyl groups excluding tert-OH is 1. The maximum atomic E-state index is 14.1. The molecule has 2 aromatic rings. The number of aliphatic hydroxyl groups is 1. The van der Waals surface area contributed by atoms with E-state index in [2.05, 4.69) is 42.2 Å².